The minimum absolute atomic E-state index is 0.184. The normalized spacial score (nSPS) is 10.2. The van der Waals surface area contributed by atoms with Gasteiger partial charge in [-0.05, 0) is 42.8 Å². The van der Waals surface area contributed by atoms with Crippen molar-refractivity contribution in [2.24, 2.45) is 0 Å². The van der Waals surface area contributed by atoms with Crippen LogP contribution >= 0.6 is 0 Å². The van der Waals surface area contributed by atoms with E-state index < -0.39 is 5.82 Å². The van der Waals surface area contributed by atoms with E-state index in [1.165, 1.54) is 24.3 Å². The van der Waals surface area contributed by atoms with E-state index in [4.69, 9.17) is 4.74 Å². The topological polar surface area (TPSA) is 26.3 Å². The van der Waals surface area contributed by atoms with E-state index in [1.807, 2.05) is 0 Å². The average Bonchev–Trinajstić information content (AvgIpc) is 2.33. The van der Waals surface area contributed by atoms with Crippen molar-refractivity contribution < 1.29 is 18.3 Å². The molecule has 0 spiro atoms. The Labute approximate surface area is 103 Å². The molecule has 4 heteroatoms. The molecule has 0 radical (unpaired) electrons. The predicted molar refractivity (Wildman–Crippen MR) is 63.0 cm³/mol. The summed E-state index contributed by atoms with van der Waals surface area (Å²) in [6.07, 6.45) is 0.534. The second kappa shape index (κ2) is 4.96. The maximum Gasteiger partial charge on any atom is 0.150 e. The SMILES string of the molecule is Cc1cc(Oc2cc(F)cc(C=O)c2)ccc1F. The van der Waals surface area contributed by atoms with Crippen LogP contribution in [0.2, 0.25) is 0 Å². The van der Waals surface area contributed by atoms with Gasteiger partial charge in [0.05, 0.1) is 0 Å². The van der Waals surface area contributed by atoms with E-state index in [2.05, 4.69) is 0 Å². The van der Waals surface area contributed by atoms with Crippen LogP contribution in [0.5, 0.6) is 11.5 Å². The van der Waals surface area contributed by atoms with Crippen molar-refractivity contribution in [1.82, 2.24) is 0 Å². The Bertz CT molecular complexity index is 594. The van der Waals surface area contributed by atoms with Gasteiger partial charge in [-0.25, -0.2) is 8.78 Å². The molecule has 0 saturated heterocycles. The van der Waals surface area contributed by atoms with Crippen LogP contribution in [0.4, 0.5) is 8.78 Å². The summed E-state index contributed by atoms with van der Waals surface area (Å²) in [5, 5.41) is 0. The molecule has 2 aromatic carbocycles. The minimum atomic E-state index is -0.562. The first-order valence-corrected chi connectivity index (χ1v) is 5.28. The van der Waals surface area contributed by atoms with Gasteiger partial charge in [0.1, 0.15) is 29.4 Å². The molecule has 2 nitrogen and oxygen atoms in total. The largest absolute Gasteiger partial charge is 0.457 e. The Kier molecular flexibility index (Phi) is 3.37. The Hall–Kier alpha value is -2.23. The van der Waals surface area contributed by atoms with Crippen LogP contribution in [0.15, 0.2) is 36.4 Å². The third-order valence-electron chi connectivity index (χ3n) is 2.39. The summed E-state index contributed by atoms with van der Waals surface area (Å²) in [6.45, 7) is 1.60. The van der Waals surface area contributed by atoms with Gasteiger partial charge < -0.3 is 4.74 Å². The van der Waals surface area contributed by atoms with Gasteiger partial charge in [-0.15, -0.1) is 0 Å². The molecule has 0 heterocycles. The molecule has 0 aliphatic rings. The zero-order valence-corrected chi connectivity index (χ0v) is 9.61. The molecule has 0 aliphatic carbocycles. The number of rotatable bonds is 3. The van der Waals surface area contributed by atoms with Gasteiger partial charge in [0, 0.05) is 11.6 Å². The molecule has 0 aliphatic heterocycles. The summed E-state index contributed by atoms with van der Waals surface area (Å²) >= 11 is 0. The monoisotopic (exact) mass is 248 g/mol. The smallest absolute Gasteiger partial charge is 0.150 e. The zero-order chi connectivity index (χ0) is 13.1. The fraction of sp³-hybridized carbons (Fsp3) is 0.0714. The van der Waals surface area contributed by atoms with Gasteiger partial charge in [0.25, 0.3) is 0 Å². The minimum Gasteiger partial charge on any atom is -0.457 e. The van der Waals surface area contributed by atoms with Crippen molar-refractivity contribution in [3.8, 4) is 11.5 Å². The van der Waals surface area contributed by atoms with E-state index in [-0.39, 0.29) is 17.1 Å². The number of aldehydes is 1. The lowest BCUT2D eigenvalue weighted by Gasteiger charge is -2.07. The fourth-order valence-corrected chi connectivity index (χ4v) is 1.53. The van der Waals surface area contributed by atoms with Crippen LogP contribution in [0.1, 0.15) is 15.9 Å². The van der Waals surface area contributed by atoms with Crippen molar-refractivity contribution in [2.75, 3.05) is 0 Å². The first kappa shape index (κ1) is 12.2. The van der Waals surface area contributed by atoms with E-state index in [0.29, 0.717) is 17.6 Å². The van der Waals surface area contributed by atoms with Gasteiger partial charge >= 0.3 is 0 Å². The fourth-order valence-electron chi connectivity index (χ4n) is 1.53. The lowest BCUT2D eigenvalue weighted by Crippen LogP contribution is -1.90. The predicted octanol–water partition coefficient (Wildman–Crippen LogP) is 3.88. The molecular formula is C14H10F2O2. The van der Waals surface area contributed by atoms with Crippen molar-refractivity contribution in [1.29, 1.82) is 0 Å². The second-order valence-corrected chi connectivity index (χ2v) is 3.85. The van der Waals surface area contributed by atoms with E-state index >= 15 is 0 Å². The van der Waals surface area contributed by atoms with Crippen molar-refractivity contribution in [3.63, 3.8) is 0 Å². The van der Waals surface area contributed by atoms with Gasteiger partial charge in [0.15, 0.2) is 0 Å². The maximum atomic E-state index is 13.2. The molecule has 0 amide bonds. The van der Waals surface area contributed by atoms with Crippen LogP contribution in [0.3, 0.4) is 0 Å². The number of carbonyl (C=O) groups excluding carboxylic acids is 1. The van der Waals surface area contributed by atoms with Crippen LogP contribution < -0.4 is 4.74 Å². The lowest BCUT2D eigenvalue weighted by atomic mass is 10.2. The van der Waals surface area contributed by atoms with E-state index in [1.54, 1.807) is 6.92 Å². The third kappa shape index (κ3) is 2.71. The number of benzene rings is 2. The molecule has 92 valence electrons. The number of carbonyl (C=O) groups is 1. The second-order valence-electron chi connectivity index (χ2n) is 3.85. The van der Waals surface area contributed by atoms with E-state index in [0.717, 1.165) is 12.1 Å². The Morgan fingerprint density at radius 3 is 2.50 bits per heavy atom. The van der Waals surface area contributed by atoms with E-state index in [9.17, 15) is 13.6 Å². The molecule has 0 unspecified atom stereocenters. The third-order valence-corrected chi connectivity index (χ3v) is 2.39. The molecule has 0 saturated carbocycles. The molecule has 18 heavy (non-hydrogen) atoms. The molecule has 0 fully saturated rings. The summed E-state index contributed by atoms with van der Waals surface area (Å²) in [5.74, 6) is -0.317. The Balaban J connectivity index is 2.30. The number of halogens is 2. The molecule has 0 N–H and O–H groups in total. The van der Waals surface area contributed by atoms with Crippen LogP contribution in [-0.4, -0.2) is 6.29 Å². The number of hydrogen-bond acceptors (Lipinski definition) is 2. The number of ether oxygens (including phenoxy) is 1. The average molecular weight is 248 g/mol. The van der Waals surface area contributed by atoms with Crippen molar-refractivity contribution >= 4 is 6.29 Å². The number of aryl methyl sites for hydroxylation is 1. The summed E-state index contributed by atoms with van der Waals surface area (Å²) in [4.78, 5) is 10.6. The summed E-state index contributed by atoms with van der Waals surface area (Å²) in [6, 6.07) is 7.88. The number of hydrogen-bond donors (Lipinski definition) is 0. The molecule has 0 atom stereocenters. The molecular weight excluding hydrogens is 238 g/mol. The Morgan fingerprint density at radius 1 is 1.06 bits per heavy atom. The van der Waals surface area contributed by atoms with Gasteiger partial charge in [-0.2, -0.15) is 0 Å². The highest BCUT2D eigenvalue weighted by Crippen LogP contribution is 2.24. The summed E-state index contributed by atoms with van der Waals surface area (Å²) in [5.41, 5.74) is 0.614. The highest BCUT2D eigenvalue weighted by molar-refractivity contribution is 5.75. The van der Waals surface area contributed by atoms with Gasteiger partial charge in [-0.3, -0.25) is 4.79 Å². The highest BCUT2D eigenvalue weighted by Gasteiger charge is 2.04. The van der Waals surface area contributed by atoms with Gasteiger partial charge in [0.2, 0.25) is 0 Å². The molecule has 0 aromatic heterocycles. The standard InChI is InChI=1S/C14H10F2O2/c1-9-4-12(2-3-14(9)16)18-13-6-10(8-17)5-11(15)7-13/h2-8H,1H3. The van der Waals surface area contributed by atoms with Crippen LogP contribution in [-0.2, 0) is 0 Å². The quantitative estimate of drug-likeness (QED) is 0.770. The summed E-state index contributed by atoms with van der Waals surface area (Å²) < 4.78 is 31.6. The lowest BCUT2D eigenvalue weighted by molar-refractivity contribution is 0.112. The molecule has 0 bridgehead atoms. The molecule has 2 aromatic rings. The van der Waals surface area contributed by atoms with Crippen molar-refractivity contribution in [2.45, 2.75) is 6.92 Å². The van der Waals surface area contributed by atoms with Gasteiger partial charge in [-0.1, -0.05) is 0 Å². The van der Waals surface area contributed by atoms with Crippen LogP contribution in [0, 0.1) is 18.6 Å². The zero-order valence-electron chi connectivity index (χ0n) is 9.61. The highest BCUT2D eigenvalue weighted by atomic mass is 19.1. The maximum absolute atomic E-state index is 13.2. The first-order valence-electron chi connectivity index (χ1n) is 5.28. The van der Waals surface area contributed by atoms with Crippen molar-refractivity contribution in [3.05, 3.63) is 59.2 Å². The van der Waals surface area contributed by atoms with Crippen LogP contribution in [0.25, 0.3) is 0 Å². The first-order chi connectivity index (χ1) is 8.58. The molecule has 2 rings (SSSR count). The Morgan fingerprint density at radius 2 is 1.83 bits per heavy atom. The summed E-state index contributed by atoms with van der Waals surface area (Å²) in [7, 11) is 0.